The average molecular weight is 453 g/mol. The lowest BCUT2D eigenvalue weighted by Crippen LogP contribution is -2.65. The number of halogens is 1. The second-order valence-corrected chi connectivity index (χ2v) is 9.50. The molecule has 2 rings (SSSR count). The number of thioether (sulfide) groups is 1. The zero-order valence-electron chi connectivity index (χ0n) is 16.9. The molecule has 2 fully saturated rings. The van der Waals surface area contributed by atoms with Crippen molar-refractivity contribution < 1.29 is 29.6 Å². The number of amides is 1. The van der Waals surface area contributed by atoms with Gasteiger partial charge in [-0.1, -0.05) is 0 Å². The van der Waals surface area contributed by atoms with E-state index < -0.39 is 47.3 Å². The van der Waals surface area contributed by atoms with Crippen molar-refractivity contribution >= 4 is 35.6 Å². The Morgan fingerprint density at radius 2 is 2.00 bits per heavy atom. The van der Waals surface area contributed by atoms with E-state index in [0.717, 1.165) is 25.5 Å². The van der Waals surface area contributed by atoms with Crippen molar-refractivity contribution in [2.75, 3.05) is 12.8 Å². The summed E-state index contributed by atoms with van der Waals surface area (Å²) in [6, 6.07) is -1.14. The Labute approximate surface area is 181 Å². The van der Waals surface area contributed by atoms with Crippen LogP contribution in [0.2, 0.25) is 0 Å². The maximum atomic E-state index is 12.9. The van der Waals surface area contributed by atoms with Gasteiger partial charge in [-0.3, -0.25) is 4.79 Å². The highest BCUT2D eigenvalue weighted by molar-refractivity contribution is 7.99. The molecule has 0 radical (unpaired) electrons. The van der Waals surface area contributed by atoms with Crippen molar-refractivity contribution in [2.24, 2.45) is 5.92 Å². The van der Waals surface area contributed by atoms with Crippen LogP contribution in [0.4, 0.5) is 0 Å². The molecule has 2 saturated heterocycles. The van der Waals surface area contributed by atoms with Crippen LogP contribution in [0, 0.1) is 5.92 Å². The van der Waals surface area contributed by atoms with Crippen molar-refractivity contribution in [2.45, 2.75) is 86.3 Å². The minimum atomic E-state index is -1.39. The summed E-state index contributed by atoms with van der Waals surface area (Å²) in [7, 11) is 0. The summed E-state index contributed by atoms with van der Waals surface area (Å²) in [6.07, 6.45) is 1.47. The minimum Gasteiger partial charge on any atom is -0.388 e. The Kier molecular flexibility index (Phi) is 10.1. The van der Waals surface area contributed by atoms with Crippen LogP contribution < -0.4 is 10.6 Å². The molecule has 9 atom stereocenters. The number of carbonyl (C=O) groups excluding carboxylic acids is 2. The lowest BCUT2D eigenvalue weighted by Gasteiger charge is -2.44. The van der Waals surface area contributed by atoms with Crippen molar-refractivity contribution in [3.05, 3.63) is 0 Å². The Balaban J connectivity index is 2.02. The second-order valence-electron chi connectivity index (χ2n) is 7.87. The molecule has 168 valence electrons. The van der Waals surface area contributed by atoms with Crippen LogP contribution in [-0.4, -0.2) is 87.6 Å². The highest BCUT2D eigenvalue weighted by atomic mass is 35.5. The van der Waals surface area contributed by atoms with Gasteiger partial charge in [0.1, 0.15) is 36.1 Å². The Morgan fingerprint density at radius 1 is 1.28 bits per heavy atom. The van der Waals surface area contributed by atoms with Gasteiger partial charge in [0.25, 0.3) is 0 Å². The van der Waals surface area contributed by atoms with Gasteiger partial charge in [0, 0.05) is 6.42 Å². The van der Waals surface area contributed by atoms with Gasteiger partial charge in [-0.25, -0.2) is 0 Å². The van der Waals surface area contributed by atoms with Gasteiger partial charge in [-0.15, -0.1) is 23.4 Å². The first-order chi connectivity index (χ1) is 13.8. The van der Waals surface area contributed by atoms with E-state index in [4.69, 9.17) is 16.3 Å². The minimum absolute atomic E-state index is 0.240. The average Bonchev–Trinajstić information content (AvgIpc) is 2.95. The smallest absolute Gasteiger partial charge is 0.237 e. The van der Waals surface area contributed by atoms with E-state index in [0.29, 0.717) is 25.3 Å². The van der Waals surface area contributed by atoms with Crippen molar-refractivity contribution in [3.63, 3.8) is 0 Å². The largest absolute Gasteiger partial charge is 0.388 e. The van der Waals surface area contributed by atoms with Crippen LogP contribution in [0.15, 0.2) is 0 Å². The fourth-order valence-electron chi connectivity index (χ4n) is 4.02. The van der Waals surface area contributed by atoms with Crippen LogP contribution in [0.5, 0.6) is 0 Å². The first-order valence-electron chi connectivity index (χ1n) is 10.1. The van der Waals surface area contributed by atoms with Gasteiger partial charge >= 0.3 is 0 Å². The SMILES string of the molecule is CSC1OC(C(NC(=O)C2CCC(CCC=O)CCN2)C(C)Cl)C(O)C(O)C1O. The molecule has 9 unspecified atom stereocenters. The first-order valence-corrected chi connectivity index (χ1v) is 11.9. The number of aliphatic hydroxyl groups excluding tert-OH is 3. The monoisotopic (exact) mass is 452 g/mol. The van der Waals surface area contributed by atoms with Crippen molar-refractivity contribution in [1.82, 2.24) is 10.6 Å². The molecule has 29 heavy (non-hydrogen) atoms. The summed E-state index contributed by atoms with van der Waals surface area (Å²) in [5.74, 6) is 0.173. The molecular weight excluding hydrogens is 420 g/mol. The van der Waals surface area contributed by atoms with Gasteiger partial charge < -0.3 is 35.5 Å². The second kappa shape index (κ2) is 11.8. The number of ether oxygens (including phenoxy) is 1. The van der Waals surface area contributed by atoms with E-state index in [1.54, 1.807) is 13.2 Å². The molecule has 1 amide bonds. The summed E-state index contributed by atoms with van der Waals surface area (Å²) in [6.45, 7) is 2.37. The maximum absolute atomic E-state index is 12.9. The summed E-state index contributed by atoms with van der Waals surface area (Å²) >= 11 is 7.52. The zero-order valence-corrected chi connectivity index (χ0v) is 18.4. The molecule has 0 aliphatic carbocycles. The molecule has 5 N–H and O–H groups in total. The topological polar surface area (TPSA) is 128 Å². The molecule has 2 aliphatic heterocycles. The Bertz CT molecular complexity index is 541. The summed E-state index contributed by atoms with van der Waals surface area (Å²) in [5, 5.41) is 36.2. The van der Waals surface area contributed by atoms with E-state index in [1.165, 1.54) is 11.8 Å². The van der Waals surface area contributed by atoms with Crippen LogP contribution in [0.25, 0.3) is 0 Å². The standard InChI is InChI=1S/C19H33ClN2O6S/c1-10(20)13(17-15(25)14(24)16(26)19(28-17)29-2)22-18(27)12-6-5-11(4-3-9-23)7-8-21-12/h9-17,19,21,24-26H,3-8H2,1-2H3,(H,22,27). The number of hydrogen-bond acceptors (Lipinski definition) is 8. The van der Waals surface area contributed by atoms with E-state index >= 15 is 0 Å². The van der Waals surface area contributed by atoms with Crippen LogP contribution in [0.3, 0.4) is 0 Å². The van der Waals surface area contributed by atoms with Gasteiger partial charge in [-0.2, -0.15) is 0 Å². The zero-order chi connectivity index (χ0) is 21.6. The first kappa shape index (κ1) is 24.8. The van der Waals surface area contributed by atoms with Crippen molar-refractivity contribution in [1.29, 1.82) is 0 Å². The van der Waals surface area contributed by atoms with Crippen molar-refractivity contribution in [3.8, 4) is 0 Å². The summed E-state index contributed by atoms with van der Waals surface area (Å²) in [4.78, 5) is 23.5. The highest BCUT2D eigenvalue weighted by Gasteiger charge is 2.48. The summed E-state index contributed by atoms with van der Waals surface area (Å²) < 4.78 is 5.78. The number of aliphatic hydroxyl groups is 3. The predicted octanol–water partition coefficient (Wildman–Crippen LogP) is 0.00650. The van der Waals surface area contributed by atoms with Gasteiger partial charge in [0.05, 0.1) is 17.5 Å². The molecule has 0 bridgehead atoms. The van der Waals surface area contributed by atoms with Gasteiger partial charge in [-0.05, 0) is 51.3 Å². The highest BCUT2D eigenvalue weighted by Crippen LogP contribution is 2.30. The van der Waals surface area contributed by atoms with Crippen LogP contribution in [-0.2, 0) is 14.3 Å². The lowest BCUT2D eigenvalue weighted by atomic mass is 9.92. The number of hydrogen-bond donors (Lipinski definition) is 5. The molecule has 2 aliphatic rings. The molecule has 0 spiro atoms. The van der Waals surface area contributed by atoms with Gasteiger partial charge in [0.2, 0.25) is 5.91 Å². The Morgan fingerprint density at radius 3 is 2.62 bits per heavy atom. The molecule has 0 aromatic heterocycles. The Hall–Kier alpha value is -0.420. The number of nitrogens with one attached hydrogen (secondary N) is 2. The lowest BCUT2D eigenvalue weighted by molar-refractivity contribution is -0.205. The number of rotatable bonds is 8. The van der Waals surface area contributed by atoms with Crippen LogP contribution in [0.1, 0.15) is 39.0 Å². The molecule has 10 heteroatoms. The molecule has 2 heterocycles. The van der Waals surface area contributed by atoms with E-state index in [9.17, 15) is 24.9 Å². The molecule has 8 nitrogen and oxygen atoms in total. The molecule has 0 saturated carbocycles. The third-order valence-corrected chi connectivity index (χ3v) is 6.94. The van der Waals surface area contributed by atoms with E-state index in [-0.39, 0.29) is 5.91 Å². The normalized spacial score (nSPS) is 37.9. The molecule has 0 aromatic rings. The number of aldehydes is 1. The number of carbonyl (C=O) groups is 2. The molecule has 0 aromatic carbocycles. The van der Waals surface area contributed by atoms with E-state index in [1.807, 2.05) is 0 Å². The third kappa shape index (κ3) is 6.53. The van der Waals surface area contributed by atoms with Crippen LogP contribution >= 0.6 is 23.4 Å². The predicted molar refractivity (Wildman–Crippen MR) is 112 cm³/mol. The van der Waals surface area contributed by atoms with Gasteiger partial charge in [0.15, 0.2) is 0 Å². The third-order valence-electron chi connectivity index (χ3n) is 5.81. The van der Waals surface area contributed by atoms with E-state index in [2.05, 4.69) is 10.6 Å². The number of alkyl halides is 1. The quantitative estimate of drug-likeness (QED) is 0.257. The molecular formula is C19H33ClN2O6S. The summed E-state index contributed by atoms with van der Waals surface area (Å²) in [5.41, 5.74) is -0.734. The maximum Gasteiger partial charge on any atom is 0.237 e. The fourth-order valence-corrected chi connectivity index (χ4v) is 4.90. The fraction of sp³-hybridized carbons (Fsp3) is 0.895.